The maximum atomic E-state index is 12.8. The lowest BCUT2D eigenvalue weighted by atomic mass is 10.2. The molecule has 0 saturated carbocycles. The molecule has 1 atom stereocenters. The Morgan fingerprint density at radius 3 is 2.38 bits per heavy atom. The third-order valence-electron chi connectivity index (χ3n) is 2.10. The number of nitrogens with zero attached hydrogens (tertiary/aromatic N) is 1. The van der Waals surface area contributed by atoms with Crippen molar-refractivity contribution in [3.63, 3.8) is 0 Å². The molecule has 0 aliphatic carbocycles. The smallest absolute Gasteiger partial charge is 0.194 e. The number of benzene rings is 1. The molecule has 0 radical (unpaired) electrons. The topological polar surface area (TPSA) is 35.8 Å². The van der Waals surface area contributed by atoms with Gasteiger partial charge in [0.05, 0.1) is 12.5 Å². The number of halogens is 3. The molecule has 2 nitrogen and oxygen atoms in total. The standard InChI is InChI=1S/C11H11F3N2/c1-7(2-3-15)16-6-8-4-9(12)11(14)10(13)5-8/h4-5,7,16H,2,6H2,1H3. The Morgan fingerprint density at radius 1 is 1.31 bits per heavy atom. The minimum Gasteiger partial charge on any atom is -0.309 e. The molecular formula is C11H11F3N2. The van der Waals surface area contributed by atoms with Gasteiger partial charge in [-0.25, -0.2) is 13.2 Å². The van der Waals surface area contributed by atoms with Crippen LogP contribution in [0.3, 0.4) is 0 Å². The van der Waals surface area contributed by atoms with E-state index in [0.29, 0.717) is 12.0 Å². The Labute approximate surface area is 91.7 Å². The van der Waals surface area contributed by atoms with Crippen LogP contribution in [0.25, 0.3) is 0 Å². The van der Waals surface area contributed by atoms with Crippen LogP contribution in [0.15, 0.2) is 12.1 Å². The van der Waals surface area contributed by atoms with Crippen LogP contribution in [-0.4, -0.2) is 6.04 Å². The Hall–Kier alpha value is -1.54. The maximum Gasteiger partial charge on any atom is 0.194 e. The van der Waals surface area contributed by atoms with Crippen LogP contribution in [0.5, 0.6) is 0 Å². The molecule has 0 spiro atoms. The van der Waals surface area contributed by atoms with Crippen molar-refractivity contribution >= 4 is 0 Å². The van der Waals surface area contributed by atoms with Crippen molar-refractivity contribution in [3.8, 4) is 6.07 Å². The molecule has 1 aromatic carbocycles. The van der Waals surface area contributed by atoms with Gasteiger partial charge < -0.3 is 5.32 Å². The van der Waals surface area contributed by atoms with Crippen LogP contribution < -0.4 is 5.32 Å². The minimum atomic E-state index is -1.46. The van der Waals surface area contributed by atoms with Crippen molar-refractivity contribution < 1.29 is 13.2 Å². The lowest BCUT2D eigenvalue weighted by Gasteiger charge is -2.10. The zero-order chi connectivity index (χ0) is 12.1. The highest BCUT2D eigenvalue weighted by atomic mass is 19.2. The van der Waals surface area contributed by atoms with E-state index in [9.17, 15) is 13.2 Å². The Bertz CT molecular complexity index is 389. The lowest BCUT2D eigenvalue weighted by molar-refractivity contribution is 0.443. The van der Waals surface area contributed by atoms with Gasteiger partial charge in [0.1, 0.15) is 0 Å². The summed E-state index contributed by atoms with van der Waals surface area (Å²) in [5.74, 6) is -3.87. The average molecular weight is 228 g/mol. The summed E-state index contributed by atoms with van der Waals surface area (Å²) >= 11 is 0. The molecule has 16 heavy (non-hydrogen) atoms. The van der Waals surface area contributed by atoms with Crippen molar-refractivity contribution in [3.05, 3.63) is 35.1 Å². The second kappa shape index (κ2) is 5.52. The fraction of sp³-hybridized carbons (Fsp3) is 0.364. The van der Waals surface area contributed by atoms with Crippen LogP contribution in [0.2, 0.25) is 0 Å². The van der Waals surface area contributed by atoms with E-state index in [1.807, 2.05) is 6.07 Å². The monoisotopic (exact) mass is 228 g/mol. The van der Waals surface area contributed by atoms with E-state index in [4.69, 9.17) is 5.26 Å². The van der Waals surface area contributed by atoms with Gasteiger partial charge >= 0.3 is 0 Å². The largest absolute Gasteiger partial charge is 0.309 e. The zero-order valence-electron chi connectivity index (χ0n) is 8.73. The number of rotatable bonds is 4. The summed E-state index contributed by atoms with van der Waals surface area (Å²) in [5, 5.41) is 11.3. The molecule has 0 aliphatic rings. The van der Waals surface area contributed by atoms with Gasteiger partial charge in [0.2, 0.25) is 0 Å². The highest BCUT2D eigenvalue weighted by Crippen LogP contribution is 2.13. The predicted octanol–water partition coefficient (Wildman–Crippen LogP) is 2.50. The molecule has 0 aliphatic heterocycles. The van der Waals surface area contributed by atoms with E-state index in [1.54, 1.807) is 6.92 Å². The number of hydrogen-bond acceptors (Lipinski definition) is 2. The van der Waals surface area contributed by atoms with E-state index in [2.05, 4.69) is 5.32 Å². The molecule has 1 rings (SSSR count). The zero-order valence-corrected chi connectivity index (χ0v) is 8.73. The molecule has 1 aromatic rings. The Balaban J connectivity index is 2.65. The van der Waals surface area contributed by atoms with Crippen LogP contribution in [0.1, 0.15) is 18.9 Å². The summed E-state index contributed by atoms with van der Waals surface area (Å²) in [7, 11) is 0. The summed E-state index contributed by atoms with van der Waals surface area (Å²) in [4.78, 5) is 0. The van der Waals surface area contributed by atoms with Crippen molar-refractivity contribution in [2.75, 3.05) is 0 Å². The number of nitriles is 1. The molecular weight excluding hydrogens is 217 g/mol. The molecule has 0 heterocycles. The van der Waals surface area contributed by atoms with Gasteiger partial charge in [-0.05, 0) is 24.6 Å². The second-order valence-corrected chi connectivity index (χ2v) is 3.52. The van der Waals surface area contributed by atoms with Gasteiger partial charge in [0.15, 0.2) is 17.5 Å². The molecule has 1 unspecified atom stereocenters. The van der Waals surface area contributed by atoms with Crippen LogP contribution in [0.4, 0.5) is 13.2 Å². The van der Waals surface area contributed by atoms with Gasteiger partial charge in [-0.1, -0.05) is 0 Å². The highest BCUT2D eigenvalue weighted by molar-refractivity contribution is 5.19. The van der Waals surface area contributed by atoms with E-state index < -0.39 is 17.5 Å². The Morgan fingerprint density at radius 2 is 1.88 bits per heavy atom. The first-order valence-corrected chi connectivity index (χ1v) is 4.78. The third kappa shape index (κ3) is 3.24. The summed E-state index contributed by atoms with van der Waals surface area (Å²) in [6.07, 6.45) is 0.298. The van der Waals surface area contributed by atoms with Crippen molar-refractivity contribution in [1.82, 2.24) is 5.32 Å². The molecule has 5 heteroatoms. The fourth-order valence-electron chi connectivity index (χ4n) is 1.21. The molecule has 0 aromatic heterocycles. The van der Waals surface area contributed by atoms with Gasteiger partial charge in [-0.2, -0.15) is 5.26 Å². The summed E-state index contributed by atoms with van der Waals surface area (Å²) in [6.45, 7) is 1.97. The first-order chi connectivity index (χ1) is 7.54. The second-order valence-electron chi connectivity index (χ2n) is 3.52. The summed E-state index contributed by atoms with van der Waals surface area (Å²) < 4.78 is 38.3. The van der Waals surface area contributed by atoms with Gasteiger partial charge in [0.25, 0.3) is 0 Å². The van der Waals surface area contributed by atoms with Crippen molar-refractivity contribution in [2.45, 2.75) is 25.9 Å². The average Bonchev–Trinajstić information content (AvgIpc) is 2.23. The van der Waals surface area contributed by atoms with E-state index in [0.717, 1.165) is 12.1 Å². The highest BCUT2D eigenvalue weighted by Gasteiger charge is 2.10. The molecule has 0 amide bonds. The summed E-state index contributed by atoms with van der Waals surface area (Å²) in [6, 6.07) is 3.75. The van der Waals surface area contributed by atoms with E-state index >= 15 is 0 Å². The quantitative estimate of drug-likeness (QED) is 0.803. The predicted molar refractivity (Wildman–Crippen MR) is 52.8 cm³/mol. The fourth-order valence-corrected chi connectivity index (χ4v) is 1.21. The van der Waals surface area contributed by atoms with Crippen LogP contribution in [0, 0.1) is 28.8 Å². The van der Waals surface area contributed by atoms with Crippen LogP contribution >= 0.6 is 0 Å². The lowest BCUT2D eigenvalue weighted by Crippen LogP contribution is -2.25. The molecule has 0 fully saturated rings. The third-order valence-corrected chi connectivity index (χ3v) is 2.10. The molecule has 86 valence electrons. The van der Waals surface area contributed by atoms with E-state index in [-0.39, 0.29) is 12.6 Å². The normalized spacial score (nSPS) is 12.2. The van der Waals surface area contributed by atoms with Gasteiger partial charge in [0, 0.05) is 12.6 Å². The SMILES string of the molecule is CC(CC#N)NCc1cc(F)c(F)c(F)c1. The van der Waals surface area contributed by atoms with E-state index in [1.165, 1.54) is 0 Å². The first-order valence-electron chi connectivity index (χ1n) is 4.78. The molecule has 1 N–H and O–H groups in total. The molecule has 0 saturated heterocycles. The number of nitrogens with one attached hydrogen (secondary N) is 1. The summed E-state index contributed by atoms with van der Waals surface area (Å²) in [5.41, 5.74) is 0.307. The minimum absolute atomic E-state index is 0.0822. The molecule has 0 bridgehead atoms. The maximum absolute atomic E-state index is 12.8. The van der Waals surface area contributed by atoms with Gasteiger partial charge in [-0.3, -0.25) is 0 Å². The Kier molecular flexibility index (Phi) is 4.32. The van der Waals surface area contributed by atoms with Crippen molar-refractivity contribution in [1.29, 1.82) is 5.26 Å². The van der Waals surface area contributed by atoms with Crippen LogP contribution in [-0.2, 0) is 6.54 Å². The van der Waals surface area contributed by atoms with Gasteiger partial charge in [-0.15, -0.1) is 0 Å². The first kappa shape index (κ1) is 12.5. The number of hydrogen-bond donors (Lipinski definition) is 1. The van der Waals surface area contributed by atoms with Crippen molar-refractivity contribution in [2.24, 2.45) is 0 Å².